The summed E-state index contributed by atoms with van der Waals surface area (Å²) < 4.78 is 0. The van der Waals surface area contributed by atoms with Crippen LogP contribution in [0.4, 0.5) is 0 Å². The molecule has 1 unspecified atom stereocenters. The van der Waals surface area contributed by atoms with Crippen molar-refractivity contribution >= 4 is 11.8 Å². The number of carbonyl (C=O) groups is 2. The largest absolute Gasteiger partial charge is 0.390 e. The first kappa shape index (κ1) is 16.1. The zero-order valence-electron chi connectivity index (χ0n) is 13.7. The Hall–Kier alpha value is -1.72. The molecule has 1 N–H and O–H groups in total. The van der Waals surface area contributed by atoms with Gasteiger partial charge in [-0.15, -0.1) is 0 Å². The van der Waals surface area contributed by atoms with Crippen molar-refractivity contribution in [2.75, 3.05) is 13.1 Å². The molecule has 3 rings (SSSR count). The fraction of sp³-hybridized carbons (Fsp3) is 0.556. The van der Waals surface area contributed by atoms with E-state index in [4.69, 9.17) is 0 Å². The monoisotopic (exact) mass is 316 g/mol. The van der Waals surface area contributed by atoms with Crippen LogP contribution in [0.1, 0.15) is 53.8 Å². The third kappa shape index (κ3) is 3.03. The summed E-state index contributed by atoms with van der Waals surface area (Å²) in [6.45, 7) is 4.90. The SMILES string of the molecule is C[C@@H]1CCC[C@H](C)N1CC(O)CN1C(=O)c2ccccc2C1=O. The topological polar surface area (TPSA) is 60.9 Å². The Kier molecular flexibility index (Phi) is 4.50. The van der Waals surface area contributed by atoms with Crippen LogP contribution in [-0.4, -0.2) is 58.0 Å². The van der Waals surface area contributed by atoms with Crippen molar-refractivity contribution in [1.29, 1.82) is 0 Å². The van der Waals surface area contributed by atoms with Crippen molar-refractivity contribution < 1.29 is 14.7 Å². The number of hydrogen-bond donors (Lipinski definition) is 1. The van der Waals surface area contributed by atoms with E-state index < -0.39 is 6.10 Å². The number of nitrogens with zero attached hydrogens (tertiary/aromatic N) is 2. The van der Waals surface area contributed by atoms with E-state index in [1.807, 2.05) is 0 Å². The summed E-state index contributed by atoms with van der Waals surface area (Å²) in [5.41, 5.74) is 0.869. The lowest BCUT2D eigenvalue weighted by Gasteiger charge is -2.40. The van der Waals surface area contributed by atoms with Crippen molar-refractivity contribution in [1.82, 2.24) is 9.80 Å². The predicted octanol–water partition coefficient (Wildman–Crippen LogP) is 1.91. The maximum atomic E-state index is 12.3. The Balaban J connectivity index is 1.66. The van der Waals surface area contributed by atoms with Crippen LogP contribution in [-0.2, 0) is 0 Å². The maximum Gasteiger partial charge on any atom is 0.261 e. The first-order valence-corrected chi connectivity index (χ1v) is 8.38. The Labute approximate surface area is 136 Å². The van der Waals surface area contributed by atoms with E-state index in [1.54, 1.807) is 24.3 Å². The molecule has 5 heteroatoms. The minimum absolute atomic E-state index is 0.0578. The summed E-state index contributed by atoms with van der Waals surface area (Å²) in [5.74, 6) is -0.603. The van der Waals surface area contributed by atoms with E-state index in [0.717, 1.165) is 12.8 Å². The second kappa shape index (κ2) is 6.42. The number of aliphatic hydroxyl groups excluding tert-OH is 1. The minimum atomic E-state index is -0.722. The molecule has 2 heterocycles. The van der Waals surface area contributed by atoms with E-state index in [9.17, 15) is 14.7 Å². The number of aliphatic hydroxyl groups is 1. The number of imide groups is 1. The lowest BCUT2D eigenvalue weighted by molar-refractivity contribution is 0.0240. The smallest absolute Gasteiger partial charge is 0.261 e. The lowest BCUT2D eigenvalue weighted by atomic mass is 9.97. The van der Waals surface area contributed by atoms with Crippen molar-refractivity contribution in [3.63, 3.8) is 0 Å². The van der Waals surface area contributed by atoms with Crippen LogP contribution in [0.3, 0.4) is 0 Å². The highest BCUT2D eigenvalue weighted by Gasteiger charge is 2.37. The first-order valence-electron chi connectivity index (χ1n) is 8.38. The highest BCUT2D eigenvalue weighted by molar-refractivity contribution is 6.21. The average molecular weight is 316 g/mol. The quantitative estimate of drug-likeness (QED) is 0.862. The standard InChI is InChI=1S/C18H24N2O3/c1-12-6-5-7-13(2)19(12)10-14(21)11-20-17(22)15-8-3-4-9-16(15)18(20)23/h3-4,8-9,12-14,21H,5-7,10-11H2,1-2H3/t12-,13+,14?. The molecular weight excluding hydrogens is 292 g/mol. The molecule has 23 heavy (non-hydrogen) atoms. The number of fused-ring (bicyclic) bond motifs is 1. The number of benzene rings is 1. The summed E-state index contributed by atoms with van der Waals surface area (Å²) in [5, 5.41) is 10.4. The van der Waals surface area contributed by atoms with Gasteiger partial charge in [-0.1, -0.05) is 18.6 Å². The predicted molar refractivity (Wildman–Crippen MR) is 87.3 cm³/mol. The molecule has 2 aliphatic rings. The Morgan fingerprint density at radius 1 is 1.04 bits per heavy atom. The molecular formula is C18H24N2O3. The molecule has 5 nitrogen and oxygen atoms in total. The van der Waals surface area contributed by atoms with Crippen molar-refractivity contribution in [3.8, 4) is 0 Å². The molecule has 3 atom stereocenters. The molecule has 0 spiro atoms. The molecule has 2 aliphatic heterocycles. The summed E-state index contributed by atoms with van der Waals surface area (Å²) >= 11 is 0. The fourth-order valence-electron chi connectivity index (χ4n) is 3.75. The van der Waals surface area contributed by atoms with Crippen LogP contribution >= 0.6 is 0 Å². The summed E-state index contributed by atoms with van der Waals surface area (Å²) in [6, 6.07) is 7.68. The molecule has 0 saturated carbocycles. The third-order valence-electron chi connectivity index (χ3n) is 5.07. The van der Waals surface area contributed by atoms with Gasteiger partial charge in [0.15, 0.2) is 0 Å². The first-order chi connectivity index (χ1) is 11.0. The number of hydrogen-bond acceptors (Lipinski definition) is 4. The zero-order valence-corrected chi connectivity index (χ0v) is 13.7. The van der Waals surface area contributed by atoms with Crippen LogP contribution < -0.4 is 0 Å². The van der Waals surface area contributed by atoms with Crippen molar-refractivity contribution in [2.24, 2.45) is 0 Å². The molecule has 1 saturated heterocycles. The molecule has 1 fully saturated rings. The molecule has 1 aromatic carbocycles. The van der Waals surface area contributed by atoms with E-state index in [0.29, 0.717) is 29.8 Å². The van der Waals surface area contributed by atoms with Gasteiger partial charge >= 0.3 is 0 Å². The molecule has 0 aliphatic carbocycles. The van der Waals surface area contributed by atoms with Gasteiger partial charge < -0.3 is 5.11 Å². The van der Waals surface area contributed by atoms with Gasteiger partial charge in [0.05, 0.1) is 23.8 Å². The van der Waals surface area contributed by atoms with Gasteiger partial charge in [0.1, 0.15) is 0 Å². The highest BCUT2D eigenvalue weighted by atomic mass is 16.3. The lowest BCUT2D eigenvalue weighted by Crippen LogP contribution is -2.50. The minimum Gasteiger partial charge on any atom is -0.390 e. The second-order valence-electron chi connectivity index (χ2n) is 6.75. The normalized spacial score (nSPS) is 26.5. The Morgan fingerprint density at radius 3 is 2.09 bits per heavy atom. The summed E-state index contributed by atoms with van der Waals surface area (Å²) in [4.78, 5) is 28.1. The molecule has 0 radical (unpaired) electrons. The second-order valence-corrected chi connectivity index (χ2v) is 6.75. The Bertz CT molecular complexity index is 571. The zero-order chi connectivity index (χ0) is 16.6. The molecule has 0 bridgehead atoms. The molecule has 1 aromatic rings. The van der Waals surface area contributed by atoms with Crippen molar-refractivity contribution in [3.05, 3.63) is 35.4 Å². The molecule has 124 valence electrons. The fourth-order valence-corrected chi connectivity index (χ4v) is 3.75. The van der Waals surface area contributed by atoms with E-state index in [1.165, 1.54) is 11.3 Å². The van der Waals surface area contributed by atoms with Crippen LogP contribution in [0.15, 0.2) is 24.3 Å². The van der Waals surface area contributed by atoms with Crippen LogP contribution in [0.25, 0.3) is 0 Å². The van der Waals surface area contributed by atoms with E-state index in [-0.39, 0.29) is 18.4 Å². The van der Waals surface area contributed by atoms with Gasteiger partial charge in [0.25, 0.3) is 11.8 Å². The van der Waals surface area contributed by atoms with Gasteiger partial charge in [-0.2, -0.15) is 0 Å². The van der Waals surface area contributed by atoms with E-state index >= 15 is 0 Å². The van der Waals surface area contributed by atoms with Crippen LogP contribution in [0.2, 0.25) is 0 Å². The van der Waals surface area contributed by atoms with Crippen LogP contribution in [0.5, 0.6) is 0 Å². The van der Waals surface area contributed by atoms with E-state index in [2.05, 4.69) is 18.7 Å². The maximum absolute atomic E-state index is 12.3. The van der Waals surface area contributed by atoms with Gasteiger partial charge in [-0.3, -0.25) is 19.4 Å². The number of amides is 2. The third-order valence-corrected chi connectivity index (χ3v) is 5.07. The number of rotatable bonds is 4. The summed E-state index contributed by atoms with van der Waals surface area (Å²) in [7, 11) is 0. The average Bonchev–Trinajstić information content (AvgIpc) is 2.77. The number of likely N-dealkylation sites (tertiary alicyclic amines) is 1. The molecule has 2 amide bonds. The molecule has 0 aromatic heterocycles. The van der Waals surface area contributed by atoms with Crippen LogP contribution in [0, 0.1) is 0 Å². The Morgan fingerprint density at radius 2 is 1.57 bits per heavy atom. The van der Waals surface area contributed by atoms with Gasteiger partial charge in [-0.25, -0.2) is 0 Å². The van der Waals surface area contributed by atoms with Gasteiger partial charge in [0, 0.05) is 18.6 Å². The highest BCUT2D eigenvalue weighted by Crippen LogP contribution is 2.25. The van der Waals surface area contributed by atoms with Gasteiger partial charge in [-0.05, 0) is 38.8 Å². The number of piperidine rings is 1. The van der Waals surface area contributed by atoms with Crippen molar-refractivity contribution in [2.45, 2.75) is 51.3 Å². The number of β-amino-alcohol motifs (C(OH)–C–C–N with tert-alkyl or cyclic N) is 1. The summed E-state index contributed by atoms with van der Waals surface area (Å²) in [6.07, 6.45) is 2.75. The number of carbonyl (C=O) groups excluding carboxylic acids is 2. The van der Waals surface area contributed by atoms with Gasteiger partial charge in [0.2, 0.25) is 0 Å².